The van der Waals surface area contributed by atoms with Crippen LogP contribution in [0.4, 0.5) is 5.69 Å². The van der Waals surface area contributed by atoms with Crippen LogP contribution < -0.4 is 10.1 Å². The molecule has 8 heteroatoms. The van der Waals surface area contributed by atoms with Crippen molar-refractivity contribution in [2.45, 2.75) is 25.2 Å². The van der Waals surface area contributed by atoms with E-state index in [1.165, 1.54) is 14.0 Å². The Bertz CT molecular complexity index is 982. The van der Waals surface area contributed by atoms with Gasteiger partial charge in [-0.05, 0) is 67.6 Å². The number of carbonyl (C=O) groups excluding carboxylic acids is 3. The van der Waals surface area contributed by atoms with Crippen molar-refractivity contribution in [2.75, 3.05) is 19.0 Å². The van der Waals surface area contributed by atoms with Crippen LogP contribution in [0, 0.1) is 17.6 Å². The number of ether oxygens (including phenoxy) is 2. The second-order valence-electron chi connectivity index (χ2n) is 6.14. The summed E-state index contributed by atoms with van der Waals surface area (Å²) in [5, 5.41) is 13.4. The van der Waals surface area contributed by atoms with Crippen LogP contribution in [0.5, 0.6) is 5.75 Å². The molecule has 0 heterocycles. The Morgan fingerprint density at radius 2 is 1.93 bits per heavy atom. The highest BCUT2D eigenvalue weighted by molar-refractivity contribution is 8.03. The molecule has 2 aromatic rings. The Kier molecular flexibility index (Phi) is 7.80. The van der Waals surface area contributed by atoms with Crippen molar-refractivity contribution < 1.29 is 23.9 Å². The van der Waals surface area contributed by atoms with Crippen molar-refractivity contribution in [3.05, 3.63) is 53.1 Å². The number of carbonyl (C=O) groups is 3. The van der Waals surface area contributed by atoms with Gasteiger partial charge in [0.05, 0.1) is 13.5 Å². The van der Waals surface area contributed by atoms with Crippen LogP contribution in [0.1, 0.15) is 28.4 Å². The van der Waals surface area contributed by atoms with Crippen molar-refractivity contribution in [1.82, 2.24) is 0 Å². The Balaban J connectivity index is 1.94. The predicted molar refractivity (Wildman–Crippen MR) is 109 cm³/mol. The lowest BCUT2D eigenvalue weighted by atomic mass is 10.0. The van der Waals surface area contributed by atoms with E-state index in [4.69, 9.17) is 14.7 Å². The number of anilines is 1. The topological polar surface area (TPSA) is 105 Å². The van der Waals surface area contributed by atoms with Crippen molar-refractivity contribution in [2.24, 2.45) is 0 Å². The highest BCUT2D eigenvalue weighted by Crippen LogP contribution is 2.23. The van der Waals surface area contributed by atoms with Crippen molar-refractivity contribution >= 4 is 35.1 Å². The van der Waals surface area contributed by atoms with Crippen LogP contribution >= 0.6 is 11.8 Å². The number of rotatable bonds is 8. The van der Waals surface area contributed by atoms with Gasteiger partial charge >= 0.3 is 5.97 Å². The van der Waals surface area contributed by atoms with Gasteiger partial charge in [0.1, 0.15) is 11.2 Å². The first-order valence-electron chi connectivity index (χ1n) is 8.64. The third-order valence-corrected chi connectivity index (χ3v) is 4.60. The number of nitrogens with zero attached hydrogens (tertiary/aromatic N) is 1. The summed E-state index contributed by atoms with van der Waals surface area (Å²) in [6, 6.07) is 10.00. The molecule has 0 radical (unpaired) electrons. The molecule has 0 aliphatic rings. The van der Waals surface area contributed by atoms with E-state index in [1.54, 1.807) is 43.3 Å². The van der Waals surface area contributed by atoms with Gasteiger partial charge in [0, 0.05) is 21.7 Å². The number of thioether (sulfide) groups is 1. The van der Waals surface area contributed by atoms with E-state index in [-0.39, 0.29) is 12.2 Å². The van der Waals surface area contributed by atoms with E-state index in [1.807, 2.05) is 5.40 Å². The molecule has 7 nitrogen and oxygen atoms in total. The molecule has 0 fully saturated rings. The molecule has 0 saturated carbocycles. The van der Waals surface area contributed by atoms with E-state index in [2.05, 4.69) is 5.32 Å². The minimum absolute atomic E-state index is 0.128. The maximum absolute atomic E-state index is 12.1. The minimum atomic E-state index is -0.614. The number of hydrogen-bond acceptors (Lipinski definition) is 7. The number of hydrogen-bond donors (Lipinski definition) is 1. The van der Waals surface area contributed by atoms with Gasteiger partial charge in [-0.3, -0.25) is 14.4 Å². The summed E-state index contributed by atoms with van der Waals surface area (Å²) >= 11 is 1.03. The Morgan fingerprint density at radius 1 is 1.17 bits per heavy atom. The molecular formula is C21H20N2O5S. The molecule has 0 aliphatic heterocycles. The van der Waals surface area contributed by atoms with Crippen molar-refractivity contribution in [1.29, 1.82) is 5.26 Å². The lowest BCUT2D eigenvalue weighted by molar-refractivity contribution is -0.146. The molecule has 2 rings (SSSR count). The zero-order chi connectivity index (χ0) is 21.4. The summed E-state index contributed by atoms with van der Waals surface area (Å²) in [4.78, 5) is 36.5. The second kappa shape index (κ2) is 10.3. The van der Waals surface area contributed by atoms with E-state index in [9.17, 15) is 14.4 Å². The van der Waals surface area contributed by atoms with Gasteiger partial charge in [-0.15, -0.1) is 0 Å². The lowest BCUT2D eigenvalue weighted by Gasteiger charge is -2.11. The summed E-state index contributed by atoms with van der Waals surface area (Å²) in [6.45, 7) is 2.79. The summed E-state index contributed by atoms with van der Waals surface area (Å²) in [6.07, 6.45) is -0.128. The molecular weight excluding hydrogens is 392 g/mol. The van der Waals surface area contributed by atoms with Gasteiger partial charge < -0.3 is 14.8 Å². The average molecular weight is 412 g/mol. The Labute approximate surface area is 173 Å². The molecule has 150 valence electrons. The molecule has 29 heavy (non-hydrogen) atoms. The molecule has 0 bridgehead atoms. The smallest absolute Gasteiger partial charge is 0.310 e. The van der Waals surface area contributed by atoms with Crippen LogP contribution in [0.3, 0.4) is 0 Å². The standard InChI is InChI=1S/C21H20N2O5S/c1-13-8-17(29-12-22)5-6-18(13)23-20(25)11-28-21(26)10-16-9-15(14(2)24)4-7-19(16)27-3/h4-9H,10-11H2,1-3H3,(H,23,25). The minimum Gasteiger partial charge on any atom is -0.496 e. The lowest BCUT2D eigenvalue weighted by Crippen LogP contribution is -2.22. The SMILES string of the molecule is COc1ccc(C(C)=O)cc1CC(=O)OCC(=O)Nc1ccc(SC#N)cc1C. The zero-order valence-corrected chi connectivity index (χ0v) is 17.1. The highest BCUT2D eigenvalue weighted by atomic mass is 32.2. The molecule has 0 aliphatic carbocycles. The molecule has 0 aromatic heterocycles. The van der Waals surface area contributed by atoms with Gasteiger partial charge in [0.2, 0.25) is 0 Å². The van der Waals surface area contributed by atoms with E-state index < -0.39 is 18.5 Å². The van der Waals surface area contributed by atoms with E-state index in [0.717, 1.165) is 22.2 Å². The molecule has 0 unspecified atom stereocenters. The van der Waals surface area contributed by atoms with Crippen LogP contribution in [0.2, 0.25) is 0 Å². The first kappa shape index (κ1) is 22.0. The number of benzene rings is 2. The third kappa shape index (κ3) is 6.36. The Morgan fingerprint density at radius 3 is 2.55 bits per heavy atom. The predicted octanol–water partition coefficient (Wildman–Crippen LogP) is 3.50. The van der Waals surface area contributed by atoms with Gasteiger partial charge in [0.25, 0.3) is 5.91 Å². The van der Waals surface area contributed by atoms with Crippen LogP contribution in [0.25, 0.3) is 0 Å². The number of nitriles is 1. The van der Waals surface area contributed by atoms with Crippen LogP contribution in [-0.2, 0) is 20.7 Å². The first-order valence-corrected chi connectivity index (χ1v) is 9.45. The number of aryl methyl sites for hydroxylation is 1. The largest absolute Gasteiger partial charge is 0.496 e. The third-order valence-electron chi connectivity index (χ3n) is 4.02. The molecule has 2 aromatic carbocycles. The van der Waals surface area contributed by atoms with E-state index in [0.29, 0.717) is 22.6 Å². The van der Waals surface area contributed by atoms with Gasteiger partial charge in [-0.1, -0.05) is 0 Å². The van der Waals surface area contributed by atoms with E-state index >= 15 is 0 Å². The number of esters is 1. The number of thiocyanates is 1. The zero-order valence-electron chi connectivity index (χ0n) is 16.3. The fourth-order valence-electron chi connectivity index (χ4n) is 2.57. The number of nitrogens with one attached hydrogen (secondary N) is 1. The van der Waals surface area contributed by atoms with Crippen LogP contribution in [0.15, 0.2) is 41.3 Å². The monoisotopic (exact) mass is 412 g/mol. The maximum Gasteiger partial charge on any atom is 0.310 e. The van der Waals surface area contributed by atoms with Gasteiger partial charge in [0.15, 0.2) is 12.4 Å². The number of Topliss-reactive ketones (excluding diaryl/α,β-unsaturated/α-hetero) is 1. The molecule has 0 saturated heterocycles. The highest BCUT2D eigenvalue weighted by Gasteiger charge is 2.14. The molecule has 1 amide bonds. The summed E-state index contributed by atoms with van der Waals surface area (Å²) in [7, 11) is 1.47. The fraction of sp³-hybridized carbons (Fsp3) is 0.238. The number of methoxy groups -OCH3 is 1. The van der Waals surface area contributed by atoms with Crippen LogP contribution in [-0.4, -0.2) is 31.4 Å². The molecule has 1 N–H and O–H groups in total. The first-order chi connectivity index (χ1) is 13.8. The quantitative estimate of drug-likeness (QED) is 0.306. The summed E-state index contributed by atoms with van der Waals surface area (Å²) < 4.78 is 10.2. The summed E-state index contributed by atoms with van der Waals surface area (Å²) in [5.74, 6) is -0.762. The van der Waals surface area contributed by atoms with Crippen molar-refractivity contribution in [3.8, 4) is 11.2 Å². The normalized spacial score (nSPS) is 10.0. The second-order valence-corrected chi connectivity index (χ2v) is 7.00. The van der Waals surface area contributed by atoms with Gasteiger partial charge in [-0.25, -0.2) is 0 Å². The summed E-state index contributed by atoms with van der Waals surface area (Å²) in [5.41, 5.74) is 2.33. The molecule has 0 spiro atoms. The Hall–Kier alpha value is -3.31. The van der Waals surface area contributed by atoms with Gasteiger partial charge in [-0.2, -0.15) is 5.26 Å². The number of amides is 1. The average Bonchev–Trinajstić information content (AvgIpc) is 2.68. The number of ketones is 1. The van der Waals surface area contributed by atoms with Crippen molar-refractivity contribution in [3.63, 3.8) is 0 Å². The fourth-order valence-corrected chi connectivity index (χ4v) is 3.04. The maximum atomic E-state index is 12.1. The molecule has 0 atom stereocenters.